The molecular formula is C15H15ClN2O3S2. The second-order valence-electron chi connectivity index (χ2n) is 5.48. The Labute approximate surface area is 143 Å². The summed E-state index contributed by atoms with van der Waals surface area (Å²) < 4.78 is 22.9. The zero-order valence-electron chi connectivity index (χ0n) is 12.3. The molecule has 1 aromatic heterocycles. The van der Waals surface area contributed by atoms with Gasteiger partial charge >= 0.3 is 0 Å². The highest BCUT2D eigenvalue weighted by Gasteiger charge is 2.26. The summed E-state index contributed by atoms with van der Waals surface area (Å²) in [5, 5.41) is 8.79. The van der Waals surface area contributed by atoms with Gasteiger partial charge in [0.25, 0.3) is 5.91 Å². The van der Waals surface area contributed by atoms with E-state index in [1.165, 1.54) is 6.07 Å². The normalized spacial score (nSPS) is 17.1. The Kier molecular flexibility index (Phi) is 4.22. The van der Waals surface area contributed by atoms with E-state index in [-0.39, 0.29) is 16.8 Å². The number of amides is 1. The highest BCUT2D eigenvalue weighted by molar-refractivity contribution is 7.89. The predicted molar refractivity (Wildman–Crippen MR) is 90.4 cm³/mol. The van der Waals surface area contributed by atoms with Gasteiger partial charge in [-0.3, -0.25) is 4.79 Å². The summed E-state index contributed by atoms with van der Waals surface area (Å²) in [7, 11) is -3.81. The Morgan fingerprint density at radius 2 is 2.13 bits per heavy atom. The second-order valence-corrected chi connectivity index (χ2v) is 8.71. The number of aryl methyl sites for hydroxylation is 2. The minimum absolute atomic E-state index is 0.00579. The predicted octanol–water partition coefficient (Wildman–Crippen LogP) is 2.77. The number of hydrogen-bond donors (Lipinski definition) is 2. The van der Waals surface area contributed by atoms with Gasteiger partial charge in [0.15, 0.2) is 0 Å². The van der Waals surface area contributed by atoms with E-state index in [4.69, 9.17) is 16.7 Å². The van der Waals surface area contributed by atoms with Crippen LogP contribution in [0.3, 0.4) is 0 Å². The van der Waals surface area contributed by atoms with Crippen LogP contribution < -0.4 is 10.5 Å². The minimum atomic E-state index is -3.81. The maximum Gasteiger partial charge on any atom is 0.261 e. The van der Waals surface area contributed by atoms with Crippen molar-refractivity contribution in [2.75, 3.05) is 0 Å². The van der Waals surface area contributed by atoms with E-state index < -0.39 is 10.0 Å². The summed E-state index contributed by atoms with van der Waals surface area (Å²) in [5.74, 6) is -0.291. The Morgan fingerprint density at radius 1 is 1.39 bits per heavy atom. The molecule has 0 radical (unpaired) electrons. The number of carbonyl (C=O) groups excluding carboxylic acids is 1. The van der Waals surface area contributed by atoms with Crippen molar-refractivity contribution in [3.63, 3.8) is 0 Å². The van der Waals surface area contributed by atoms with Crippen molar-refractivity contribution >= 4 is 38.9 Å². The quantitative estimate of drug-likeness (QED) is 0.870. The third-order valence-corrected chi connectivity index (χ3v) is 6.34. The highest BCUT2D eigenvalue weighted by Crippen LogP contribution is 2.33. The van der Waals surface area contributed by atoms with E-state index in [1.54, 1.807) is 13.0 Å². The molecule has 0 aliphatic heterocycles. The second kappa shape index (κ2) is 5.90. The number of benzene rings is 1. The molecule has 23 heavy (non-hydrogen) atoms. The zero-order valence-corrected chi connectivity index (χ0v) is 14.7. The van der Waals surface area contributed by atoms with Gasteiger partial charge in [0.05, 0.1) is 15.8 Å². The van der Waals surface area contributed by atoms with E-state index in [9.17, 15) is 13.2 Å². The molecule has 0 spiro atoms. The van der Waals surface area contributed by atoms with Crippen LogP contribution >= 0.6 is 22.9 Å². The van der Waals surface area contributed by atoms with Crippen molar-refractivity contribution in [2.45, 2.75) is 30.7 Å². The highest BCUT2D eigenvalue weighted by atomic mass is 35.5. The van der Waals surface area contributed by atoms with Crippen molar-refractivity contribution in [1.29, 1.82) is 0 Å². The Bertz CT molecular complexity index is 890. The van der Waals surface area contributed by atoms with Gasteiger partial charge in [-0.1, -0.05) is 17.7 Å². The number of halogens is 1. The van der Waals surface area contributed by atoms with Crippen LogP contribution in [0.4, 0.5) is 0 Å². The van der Waals surface area contributed by atoms with E-state index in [1.807, 2.05) is 12.1 Å². The molecule has 0 saturated heterocycles. The molecule has 0 saturated carbocycles. The first-order chi connectivity index (χ1) is 10.8. The number of fused-ring (bicyclic) bond motifs is 1. The third kappa shape index (κ3) is 3.28. The molecule has 3 rings (SSSR count). The van der Waals surface area contributed by atoms with Gasteiger partial charge in [0, 0.05) is 9.90 Å². The van der Waals surface area contributed by atoms with E-state index in [0.717, 1.165) is 35.3 Å². The molecule has 1 unspecified atom stereocenters. The number of thiophene rings is 1. The van der Waals surface area contributed by atoms with Crippen molar-refractivity contribution in [3.05, 3.63) is 50.2 Å². The van der Waals surface area contributed by atoms with Gasteiger partial charge in [0.2, 0.25) is 10.0 Å². The van der Waals surface area contributed by atoms with Crippen LogP contribution in [-0.2, 0) is 16.4 Å². The summed E-state index contributed by atoms with van der Waals surface area (Å²) in [5.41, 5.74) is 2.19. The molecule has 1 aliphatic carbocycles. The van der Waals surface area contributed by atoms with E-state index in [0.29, 0.717) is 14.8 Å². The zero-order chi connectivity index (χ0) is 16.8. The molecule has 0 fully saturated rings. The molecule has 0 bridgehead atoms. The van der Waals surface area contributed by atoms with Crippen LogP contribution in [-0.4, -0.2) is 14.3 Å². The van der Waals surface area contributed by atoms with Crippen LogP contribution in [0.1, 0.15) is 38.1 Å². The number of primary sulfonamides is 1. The first kappa shape index (κ1) is 16.4. The summed E-state index contributed by atoms with van der Waals surface area (Å²) in [6.07, 6.45) is 1.65. The molecule has 1 aliphatic rings. The lowest BCUT2D eigenvalue weighted by Gasteiger charge is -2.13. The van der Waals surface area contributed by atoms with Gasteiger partial charge in [-0.2, -0.15) is 0 Å². The summed E-state index contributed by atoms with van der Waals surface area (Å²) in [4.78, 5) is 13.3. The number of rotatable bonds is 3. The average Bonchev–Trinajstić information content (AvgIpc) is 3.02. The topological polar surface area (TPSA) is 89.3 Å². The van der Waals surface area contributed by atoms with Crippen LogP contribution in [0.5, 0.6) is 0 Å². The van der Waals surface area contributed by atoms with Crippen LogP contribution in [0, 0.1) is 6.92 Å². The number of nitrogens with two attached hydrogens (primary N) is 1. The van der Waals surface area contributed by atoms with Crippen LogP contribution in [0.2, 0.25) is 5.02 Å². The monoisotopic (exact) mass is 370 g/mol. The average molecular weight is 371 g/mol. The number of hydrogen-bond acceptors (Lipinski definition) is 4. The fraction of sp³-hybridized carbons (Fsp3) is 0.267. The summed E-state index contributed by atoms with van der Waals surface area (Å²) in [6, 6.07) is 6.89. The molecule has 122 valence electrons. The maximum absolute atomic E-state index is 12.4. The first-order valence-electron chi connectivity index (χ1n) is 6.98. The Hall–Kier alpha value is -1.41. The van der Waals surface area contributed by atoms with E-state index >= 15 is 0 Å². The first-order valence-corrected chi connectivity index (χ1v) is 9.72. The number of sulfonamides is 1. The van der Waals surface area contributed by atoms with Crippen LogP contribution in [0.15, 0.2) is 29.2 Å². The number of nitrogens with one attached hydrogen (secondary N) is 1. The Balaban J connectivity index is 1.82. The molecular weight excluding hydrogens is 356 g/mol. The van der Waals surface area contributed by atoms with Crippen molar-refractivity contribution in [2.24, 2.45) is 5.14 Å². The van der Waals surface area contributed by atoms with E-state index in [2.05, 4.69) is 5.32 Å². The molecule has 8 heteroatoms. The van der Waals surface area contributed by atoms with Crippen molar-refractivity contribution in [3.8, 4) is 0 Å². The van der Waals surface area contributed by atoms with Crippen LogP contribution in [0.25, 0.3) is 0 Å². The molecule has 1 amide bonds. The Morgan fingerprint density at radius 3 is 2.78 bits per heavy atom. The minimum Gasteiger partial charge on any atom is -0.345 e. The largest absolute Gasteiger partial charge is 0.345 e. The molecule has 1 aromatic carbocycles. The molecule has 1 heterocycles. The lowest BCUT2D eigenvalue weighted by atomic mass is 10.1. The molecule has 1 atom stereocenters. The molecule has 2 aromatic rings. The summed E-state index contributed by atoms with van der Waals surface area (Å²) >= 11 is 7.11. The van der Waals surface area contributed by atoms with Crippen molar-refractivity contribution in [1.82, 2.24) is 5.32 Å². The number of carbonyl (C=O) groups is 1. The fourth-order valence-electron chi connectivity index (χ4n) is 2.83. The lowest BCUT2D eigenvalue weighted by Crippen LogP contribution is -2.26. The van der Waals surface area contributed by atoms with Gasteiger partial charge in [-0.25, -0.2) is 13.6 Å². The smallest absolute Gasteiger partial charge is 0.261 e. The SMILES string of the molecule is Cc1sc(C(=O)NC2CCc3cc(Cl)ccc32)cc1S(N)(=O)=O. The van der Waals surface area contributed by atoms with Gasteiger partial charge in [-0.15, -0.1) is 11.3 Å². The molecule has 5 nitrogen and oxygen atoms in total. The van der Waals surface area contributed by atoms with Gasteiger partial charge in [-0.05, 0) is 49.1 Å². The third-order valence-electron chi connectivity index (χ3n) is 3.89. The van der Waals surface area contributed by atoms with Gasteiger partial charge < -0.3 is 5.32 Å². The summed E-state index contributed by atoms with van der Waals surface area (Å²) in [6.45, 7) is 1.63. The van der Waals surface area contributed by atoms with Gasteiger partial charge in [0.1, 0.15) is 0 Å². The molecule has 3 N–H and O–H groups in total. The standard InChI is InChI=1S/C15H15ClN2O3S2/c1-8-14(23(17,20)21)7-13(22-8)15(19)18-12-5-2-9-6-10(16)3-4-11(9)12/h3-4,6-7,12H,2,5H2,1H3,(H,18,19)(H2,17,20,21). The lowest BCUT2D eigenvalue weighted by molar-refractivity contribution is 0.0940. The van der Waals surface area contributed by atoms with Crippen molar-refractivity contribution < 1.29 is 13.2 Å². The fourth-order valence-corrected chi connectivity index (χ4v) is 5.07. The maximum atomic E-state index is 12.4.